The molecule has 6 nitrogen and oxygen atoms in total. The van der Waals surface area contributed by atoms with Crippen LogP contribution in [0.2, 0.25) is 0 Å². The average Bonchev–Trinajstić information content (AvgIpc) is 2.45. The van der Waals surface area contributed by atoms with Crippen molar-refractivity contribution in [2.45, 2.75) is 13.8 Å². The number of hydrogen-bond acceptors (Lipinski definition) is 6. The van der Waals surface area contributed by atoms with Crippen LogP contribution >= 0.6 is 0 Å². The number of carbonyl (C=O) groups is 2. The normalized spacial score (nSPS) is 10.3. The third-order valence-corrected chi connectivity index (χ3v) is 2.86. The number of esters is 2. The summed E-state index contributed by atoms with van der Waals surface area (Å²) in [5.74, 6) is -1.21. The average molecular weight is 274 g/mol. The molecule has 0 unspecified atom stereocenters. The molecule has 0 aliphatic heterocycles. The number of aromatic nitrogens is 2. The number of methoxy groups -OCH3 is 1. The Hall–Kier alpha value is -2.50. The molecule has 0 atom stereocenters. The largest absolute Gasteiger partial charge is 0.466 e. The lowest BCUT2D eigenvalue weighted by Crippen LogP contribution is -2.15. The van der Waals surface area contributed by atoms with Gasteiger partial charge in [-0.3, -0.25) is 0 Å². The van der Waals surface area contributed by atoms with E-state index in [9.17, 15) is 9.59 Å². The first-order chi connectivity index (χ1) is 9.51. The molecular weight excluding hydrogens is 260 g/mol. The van der Waals surface area contributed by atoms with Crippen LogP contribution in [0.5, 0.6) is 0 Å². The van der Waals surface area contributed by atoms with Crippen molar-refractivity contribution in [2.24, 2.45) is 0 Å². The highest BCUT2D eigenvalue weighted by atomic mass is 16.6. The molecule has 0 bridgehead atoms. The minimum absolute atomic E-state index is 0.318. The number of nitrogens with zero attached hydrogens (tertiary/aromatic N) is 2. The van der Waals surface area contributed by atoms with Crippen molar-refractivity contribution in [3.63, 3.8) is 0 Å². The molecule has 0 N–H and O–H groups in total. The Morgan fingerprint density at radius 2 is 1.75 bits per heavy atom. The maximum atomic E-state index is 11.8. The first kappa shape index (κ1) is 13.9. The molecule has 1 aromatic heterocycles. The van der Waals surface area contributed by atoms with Crippen LogP contribution < -0.4 is 0 Å². The monoisotopic (exact) mass is 274 g/mol. The van der Waals surface area contributed by atoms with Crippen LogP contribution in [0.25, 0.3) is 11.0 Å². The van der Waals surface area contributed by atoms with Crippen molar-refractivity contribution in [3.8, 4) is 0 Å². The van der Waals surface area contributed by atoms with Gasteiger partial charge in [-0.1, -0.05) is 0 Å². The van der Waals surface area contributed by atoms with Gasteiger partial charge < -0.3 is 9.47 Å². The number of rotatable bonds is 3. The van der Waals surface area contributed by atoms with Gasteiger partial charge in [0.15, 0.2) is 6.61 Å². The van der Waals surface area contributed by atoms with E-state index in [1.807, 2.05) is 13.8 Å². The second-order valence-electron chi connectivity index (χ2n) is 4.25. The Morgan fingerprint density at radius 1 is 1.10 bits per heavy atom. The highest BCUT2D eigenvalue weighted by Gasteiger charge is 2.12. The van der Waals surface area contributed by atoms with Gasteiger partial charge in [0.2, 0.25) is 0 Å². The number of fused-ring (bicyclic) bond motifs is 1. The van der Waals surface area contributed by atoms with E-state index >= 15 is 0 Å². The van der Waals surface area contributed by atoms with Gasteiger partial charge in [0.25, 0.3) is 0 Å². The van der Waals surface area contributed by atoms with Gasteiger partial charge >= 0.3 is 11.9 Å². The fourth-order valence-electron chi connectivity index (χ4n) is 1.62. The fourth-order valence-corrected chi connectivity index (χ4v) is 1.62. The summed E-state index contributed by atoms with van der Waals surface area (Å²) in [6.45, 7) is 3.32. The standard InChI is InChI=1S/C14H14N2O4/c1-8-9(2)16-12-6-10(4-5-11(12)15-8)14(18)20-7-13(17)19-3/h4-6H,7H2,1-3H3. The Morgan fingerprint density at radius 3 is 2.40 bits per heavy atom. The summed E-state index contributed by atoms with van der Waals surface area (Å²) >= 11 is 0. The molecule has 6 heteroatoms. The summed E-state index contributed by atoms with van der Waals surface area (Å²) in [6.07, 6.45) is 0. The van der Waals surface area contributed by atoms with E-state index in [0.29, 0.717) is 16.6 Å². The molecule has 0 radical (unpaired) electrons. The number of hydrogen-bond donors (Lipinski definition) is 0. The fraction of sp³-hybridized carbons (Fsp3) is 0.286. The van der Waals surface area contributed by atoms with Crippen molar-refractivity contribution in [3.05, 3.63) is 35.2 Å². The number of ether oxygens (including phenoxy) is 2. The molecule has 0 spiro atoms. The molecule has 1 heterocycles. The Balaban J connectivity index is 2.25. The minimum atomic E-state index is -0.606. The third-order valence-electron chi connectivity index (χ3n) is 2.86. The molecule has 2 aromatic rings. The smallest absolute Gasteiger partial charge is 0.344 e. The van der Waals surface area contributed by atoms with E-state index in [1.165, 1.54) is 7.11 Å². The summed E-state index contributed by atoms with van der Waals surface area (Å²) in [7, 11) is 1.23. The third kappa shape index (κ3) is 2.90. The quantitative estimate of drug-likeness (QED) is 0.791. The van der Waals surface area contributed by atoms with Gasteiger partial charge in [-0.05, 0) is 32.0 Å². The zero-order chi connectivity index (χ0) is 14.7. The van der Waals surface area contributed by atoms with Gasteiger partial charge in [-0.15, -0.1) is 0 Å². The summed E-state index contributed by atoms with van der Waals surface area (Å²) in [4.78, 5) is 31.4. The predicted octanol–water partition coefficient (Wildman–Crippen LogP) is 1.58. The molecule has 1 aromatic carbocycles. The van der Waals surface area contributed by atoms with Crippen molar-refractivity contribution >= 4 is 23.0 Å². The second-order valence-corrected chi connectivity index (χ2v) is 4.25. The lowest BCUT2D eigenvalue weighted by molar-refractivity contribution is -0.144. The number of carbonyl (C=O) groups excluding carboxylic acids is 2. The van der Waals surface area contributed by atoms with Crippen LogP contribution in [0, 0.1) is 13.8 Å². The second kappa shape index (κ2) is 5.64. The zero-order valence-corrected chi connectivity index (χ0v) is 11.5. The summed E-state index contributed by atoms with van der Waals surface area (Å²) in [5.41, 5.74) is 3.29. The van der Waals surface area contributed by atoms with Crippen molar-refractivity contribution in [1.29, 1.82) is 0 Å². The highest BCUT2D eigenvalue weighted by molar-refractivity contribution is 5.94. The lowest BCUT2D eigenvalue weighted by Gasteiger charge is -2.06. The summed E-state index contributed by atoms with van der Waals surface area (Å²) in [6, 6.07) is 4.88. The van der Waals surface area contributed by atoms with Crippen molar-refractivity contribution < 1.29 is 19.1 Å². The Bertz CT molecular complexity index is 682. The summed E-state index contributed by atoms with van der Waals surface area (Å²) < 4.78 is 9.22. The lowest BCUT2D eigenvalue weighted by atomic mass is 10.2. The first-order valence-electron chi connectivity index (χ1n) is 6.00. The predicted molar refractivity (Wildman–Crippen MR) is 71.3 cm³/mol. The maximum absolute atomic E-state index is 11.8. The number of benzene rings is 1. The van der Waals surface area contributed by atoms with Gasteiger partial charge in [0.1, 0.15) is 0 Å². The van der Waals surface area contributed by atoms with Crippen LogP contribution in [0.4, 0.5) is 0 Å². The van der Waals surface area contributed by atoms with Crippen LogP contribution in [-0.4, -0.2) is 35.6 Å². The molecule has 20 heavy (non-hydrogen) atoms. The van der Waals surface area contributed by atoms with Gasteiger partial charge in [-0.2, -0.15) is 0 Å². The Kier molecular flexibility index (Phi) is 3.93. The van der Waals surface area contributed by atoms with E-state index in [2.05, 4.69) is 14.7 Å². The molecule has 0 saturated carbocycles. The van der Waals surface area contributed by atoms with Crippen LogP contribution in [0.3, 0.4) is 0 Å². The van der Waals surface area contributed by atoms with Crippen LogP contribution in [-0.2, 0) is 14.3 Å². The van der Waals surface area contributed by atoms with Gasteiger partial charge in [-0.25, -0.2) is 19.6 Å². The molecule has 2 rings (SSSR count). The SMILES string of the molecule is COC(=O)COC(=O)c1ccc2nc(C)c(C)nc2c1. The molecular formula is C14H14N2O4. The van der Waals surface area contributed by atoms with Gasteiger partial charge in [0, 0.05) is 0 Å². The molecule has 0 aliphatic carbocycles. The molecule has 104 valence electrons. The van der Waals surface area contributed by atoms with E-state index in [1.54, 1.807) is 18.2 Å². The molecule has 0 amide bonds. The van der Waals surface area contributed by atoms with E-state index < -0.39 is 18.5 Å². The Labute approximate surface area is 115 Å². The molecule has 0 fully saturated rings. The van der Waals surface area contributed by atoms with Gasteiger partial charge in [0.05, 0.1) is 35.1 Å². The first-order valence-corrected chi connectivity index (χ1v) is 6.00. The topological polar surface area (TPSA) is 78.4 Å². The number of aryl methyl sites for hydroxylation is 2. The van der Waals surface area contributed by atoms with Crippen LogP contribution in [0.1, 0.15) is 21.7 Å². The maximum Gasteiger partial charge on any atom is 0.344 e. The molecule has 0 saturated heterocycles. The van der Waals surface area contributed by atoms with Crippen molar-refractivity contribution in [2.75, 3.05) is 13.7 Å². The van der Waals surface area contributed by atoms with E-state index in [0.717, 1.165) is 11.4 Å². The zero-order valence-electron chi connectivity index (χ0n) is 11.5. The highest BCUT2D eigenvalue weighted by Crippen LogP contribution is 2.15. The van der Waals surface area contributed by atoms with Crippen LogP contribution in [0.15, 0.2) is 18.2 Å². The van der Waals surface area contributed by atoms with E-state index in [-0.39, 0.29) is 0 Å². The minimum Gasteiger partial charge on any atom is -0.466 e. The van der Waals surface area contributed by atoms with E-state index in [4.69, 9.17) is 4.74 Å². The van der Waals surface area contributed by atoms with Crippen molar-refractivity contribution in [1.82, 2.24) is 9.97 Å². The molecule has 0 aliphatic rings. The summed E-state index contributed by atoms with van der Waals surface area (Å²) in [5, 5.41) is 0.